The molecule has 0 aromatic carbocycles. The number of hydrogen-bond donors (Lipinski definition) is 3. The second-order valence-corrected chi connectivity index (χ2v) is 6.38. The highest BCUT2D eigenvalue weighted by Gasteiger charge is 2.41. The first-order chi connectivity index (χ1) is 9.04. The van der Waals surface area contributed by atoms with Gasteiger partial charge in [0.15, 0.2) is 5.96 Å². The number of aliphatic hydroxyl groups is 1. The number of ether oxygens (including phenoxy) is 1. The van der Waals surface area contributed by atoms with Gasteiger partial charge in [-0.05, 0) is 26.2 Å². The summed E-state index contributed by atoms with van der Waals surface area (Å²) < 4.78 is 5.85. The second kappa shape index (κ2) is 7.79. The number of hydrogen-bond acceptors (Lipinski definition) is 3. The molecule has 0 aliphatic carbocycles. The molecule has 2 fully saturated rings. The molecule has 118 valence electrons. The Kier molecular flexibility index (Phi) is 7.00. The standard InChI is InChI=1S/C14H27N3O2.HI/c1-4-15-13(16-8-14(2,3)9-18)17-11-7-10-5-6-12(11)19-10;/h10-12,18H,4-9H2,1-3H3,(H2,15,16,17);1H. The third-order valence-electron chi connectivity index (χ3n) is 3.87. The Morgan fingerprint density at radius 3 is 2.65 bits per heavy atom. The lowest BCUT2D eigenvalue weighted by Gasteiger charge is -2.24. The summed E-state index contributed by atoms with van der Waals surface area (Å²) in [4.78, 5) is 4.58. The lowest BCUT2D eigenvalue weighted by atomic mass is 9.95. The summed E-state index contributed by atoms with van der Waals surface area (Å²) in [7, 11) is 0. The quantitative estimate of drug-likeness (QED) is 0.374. The van der Waals surface area contributed by atoms with E-state index >= 15 is 0 Å². The Hall–Kier alpha value is -0.0800. The maximum absolute atomic E-state index is 9.28. The molecule has 20 heavy (non-hydrogen) atoms. The molecule has 2 heterocycles. The fourth-order valence-electron chi connectivity index (χ4n) is 2.63. The van der Waals surface area contributed by atoms with Gasteiger partial charge in [-0.25, -0.2) is 0 Å². The molecule has 2 rings (SSSR count). The molecule has 6 heteroatoms. The van der Waals surface area contributed by atoms with Gasteiger partial charge in [0, 0.05) is 18.6 Å². The lowest BCUT2D eigenvalue weighted by molar-refractivity contribution is 0.0992. The molecule has 3 atom stereocenters. The van der Waals surface area contributed by atoms with E-state index in [4.69, 9.17) is 4.74 Å². The third-order valence-corrected chi connectivity index (χ3v) is 3.87. The molecular weight excluding hydrogens is 369 g/mol. The Morgan fingerprint density at radius 1 is 1.40 bits per heavy atom. The van der Waals surface area contributed by atoms with Gasteiger partial charge in [-0.3, -0.25) is 4.99 Å². The summed E-state index contributed by atoms with van der Waals surface area (Å²) in [5, 5.41) is 16.0. The van der Waals surface area contributed by atoms with Gasteiger partial charge < -0.3 is 20.5 Å². The van der Waals surface area contributed by atoms with Crippen LogP contribution in [0.5, 0.6) is 0 Å². The number of fused-ring (bicyclic) bond motifs is 2. The van der Waals surface area contributed by atoms with E-state index in [9.17, 15) is 5.11 Å². The minimum absolute atomic E-state index is 0. The molecule has 0 radical (unpaired) electrons. The number of nitrogens with zero attached hydrogens (tertiary/aromatic N) is 1. The number of guanidine groups is 1. The highest BCUT2D eigenvalue weighted by Crippen LogP contribution is 2.34. The molecule has 2 saturated heterocycles. The van der Waals surface area contributed by atoms with E-state index in [1.54, 1.807) is 0 Å². The molecule has 3 unspecified atom stereocenters. The molecule has 0 aromatic heterocycles. The summed E-state index contributed by atoms with van der Waals surface area (Å²) in [6, 6.07) is 0.383. The summed E-state index contributed by atoms with van der Waals surface area (Å²) in [5.41, 5.74) is -0.173. The molecule has 2 aliphatic heterocycles. The lowest BCUT2D eigenvalue weighted by Crippen LogP contribution is -2.47. The van der Waals surface area contributed by atoms with Crippen molar-refractivity contribution >= 4 is 29.9 Å². The van der Waals surface area contributed by atoms with E-state index < -0.39 is 0 Å². The molecule has 0 spiro atoms. The van der Waals surface area contributed by atoms with Crippen LogP contribution in [0.2, 0.25) is 0 Å². The largest absolute Gasteiger partial charge is 0.396 e. The minimum Gasteiger partial charge on any atom is -0.396 e. The van der Waals surface area contributed by atoms with Crippen LogP contribution in [0.15, 0.2) is 4.99 Å². The average Bonchev–Trinajstić information content (AvgIpc) is 2.98. The summed E-state index contributed by atoms with van der Waals surface area (Å²) in [5.74, 6) is 0.838. The normalized spacial score (nSPS) is 29.2. The fraction of sp³-hybridized carbons (Fsp3) is 0.929. The molecule has 2 aliphatic rings. The first-order valence-electron chi connectivity index (χ1n) is 7.35. The van der Waals surface area contributed by atoms with Gasteiger partial charge in [0.25, 0.3) is 0 Å². The van der Waals surface area contributed by atoms with Crippen LogP contribution in [-0.2, 0) is 4.74 Å². The Balaban J connectivity index is 0.00000200. The van der Waals surface area contributed by atoms with Gasteiger partial charge >= 0.3 is 0 Å². The van der Waals surface area contributed by atoms with Crippen molar-refractivity contribution in [1.29, 1.82) is 0 Å². The molecule has 0 aromatic rings. The Morgan fingerprint density at radius 2 is 2.15 bits per heavy atom. The van der Waals surface area contributed by atoms with Crippen molar-refractivity contribution in [2.24, 2.45) is 10.4 Å². The van der Waals surface area contributed by atoms with Crippen molar-refractivity contribution in [3.05, 3.63) is 0 Å². The third kappa shape index (κ3) is 4.73. The van der Waals surface area contributed by atoms with Crippen LogP contribution < -0.4 is 10.6 Å². The van der Waals surface area contributed by atoms with Gasteiger partial charge in [0.05, 0.1) is 24.8 Å². The van der Waals surface area contributed by atoms with E-state index in [1.807, 2.05) is 13.8 Å². The zero-order valence-electron chi connectivity index (χ0n) is 12.7. The summed E-state index contributed by atoms with van der Waals surface area (Å²) in [6.07, 6.45) is 4.23. The van der Waals surface area contributed by atoms with E-state index in [2.05, 4.69) is 22.5 Å². The van der Waals surface area contributed by atoms with Crippen molar-refractivity contribution in [2.45, 2.75) is 58.3 Å². The van der Waals surface area contributed by atoms with Gasteiger partial charge in [0.1, 0.15) is 0 Å². The van der Waals surface area contributed by atoms with Crippen molar-refractivity contribution < 1.29 is 9.84 Å². The van der Waals surface area contributed by atoms with Gasteiger partial charge in [-0.15, -0.1) is 24.0 Å². The van der Waals surface area contributed by atoms with E-state index in [-0.39, 0.29) is 36.0 Å². The SMILES string of the molecule is CCNC(=NCC(C)(C)CO)NC1CC2CCC1O2.I. The summed E-state index contributed by atoms with van der Waals surface area (Å²) >= 11 is 0. The first-order valence-corrected chi connectivity index (χ1v) is 7.35. The second-order valence-electron chi connectivity index (χ2n) is 6.38. The maximum Gasteiger partial charge on any atom is 0.191 e. The van der Waals surface area contributed by atoms with Gasteiger partial charge in [0.2, 0.25) is 0 Å². The van der Waals surface area contributed by atoms with Crippen molar-refractivity contribution in [2.75, 3.05) is 19.7 Å². The Bertz CT molecular complexity index is 336. The molecule has 3 N–H and O–H groups in total. The van der Waals surface area contributed by atoms with Crippen LogP contribution in [-0.4, -0.2) is 49.0 Å². The van der Waals surface area contributed by atoms with Crippen LogP contribution in [0.25, 0.3) is 0 Å². The maximum atomic E-state index is 9.28. The van der Waals surface area contributed by atoms with Crippen molar-refractivity contribution in [3.8, 4) is 0 Å². The number of rotatable bonds is 5. The van der Waals surface area contributed by atoms with Crippen LogP contribution in [0, 0.1) is 5.41 Å². The van der Waals surface area contributed by atoms with E-state index in [0.717, 1.165) is 25.3 Å². The van der Waals surface area contributed by atoms with Crippen LogP contribution in [0.1, 0.15) is 40.0 Å². The highest BCUT2D eigenvalue weighted by atomic mass is 127. The van der Waals surface area contributed by atoms with E-state index in [1.165, 1.54) is 6.42 Å². The van der Waals surface area contributed by atoms with Crippen LogP contribution in [0.3, 0.4) is 0 Å². The fourth-order valence-corrected chi connectivity index (χ4v) is 2.63. The van der Waals surface area contributed by atoms with E-state index in [0.29, 0.717) is 24.8 Å². The number of nitrogens with one attached hydrogen (secondary N) is 2. The monoisotopic (exact) mass is 397 g/mol. The smallest absolute Gasteiger partial charge is 0.191 e. The number of halogens is 1. The minimum atomic E-state index is -0.173. The predicted octanol–water partition coefficient (Wildman–Crippen LogP) is 1.50. The first kappa shape index (κ1) is 18.0. The molecule has 0 amide bonds. The topological polar surface area (TPSA) is 65.9 Å². The Labute approximate surface area is 139 Å². The van der Waals surface area contributed by atoms with Crippen LogP contribution >= 0.6 is 24.0 Å². The molecule has 5 nitrogen and oxygen atoms in total. The summed E-state index contributed by atoms with van der Waals surface area (Å²) in [6.45, 7) is 7.69. The van der Waals surface area contributed by atoms with Crippen LogP contribution in [0.4, 0.5) is 0 Å². The van der Waals surface area contributed by atoms with Gasteiger partial charge in [-0.2, -0.15) is 0 Å². The molecule has 0 saturated carbocycles. The predicted molar refractivity (Wildman–Crippen MR) is 91.7 cm³/mol. The van der Waals surface area contributed by atoms with Gasteiger partial charge in [-0.1, -0.05) is 13.8 Å². The van der Waals surface area contributed by atoms with Crippen molar-refractivity contribution in [3.63, 3.8) is 0 Å². The molecular formula is C14H28IN3O2. The highest BCUT2D eigenvalue weighted by molar-refractivity contribution is 14.0. The molecule has 2 bridgehead atoms. The average molecular weight is 397 g/mol. The number of aliphatic hydroxyl groups excluding tert-OH is 1. The number of aliphatic imine (C=N–C) groups is 1. The zero-order valence-corrected chi connectivity index (χ0v) is 15.0. The zero-order chi connectivity index (χ0) is 13.9. The van der Waals surface area contributed by atoms with Crippen molar-refractivity contribution in [1.82, 2.24) is 10.6 Å².